The van der Waals surface area contributed by atoms with Gasteiger partial charge < -0.3 is 11.1 Å². The molecule has 0 aliphatic heterocycles. The lowest BCUT2D eigenvalue weighted by atomic mass is 10.1. The molecule has 1 amide bonds. The van der Waals surface area contributed by atoms with Gasteiger partial charge in [0.2, 0.25) is 0 Å². The number of carbonyl (C=O) groups is 1. The average molecular weight is 245 g/mol. The van der Waals surface area contributed by atoms with Crippen molar-refractivity contribution in [2.24, 2.45) is 15.7 Å². The molecule has 0 aliphatic carbocycles. The minimum atomic E-state index is -0.415. The van der Waals surface area contributed by atoms with Crippen molar-refractivity contribution in [1.82, 2.24) is 5.32 Å². The van der Waals surface area contributed by atoms with Crippen LogP contribution in [0, 0.1) is 11.3 Å². The highest BCUT2D eigenvalue weighted by atomic mass is 16.1. The Morgan fingerprint density at radius 2 is 2.11 bits per heavy atom. The SMILES string of the molecule is C=C(C#N)N=CC(=C)C(C=C(N)C(=O)NC)=NC. The van der Waals surface area contributed by atoms with Gasteiger partial charge in [0.15, 0.2) is 0 Å². The maximum atomic E-state index is 11.2. The molecule has 0 radical (unpaired) electrons. The zero-order valence-corrected chi connectivity index (χ0v) is 10.4. The van der Waals surface area contributed by atoms with E-state index in [-0.39, 0.29) is 11.4 Å². The second-order valence-corrected chi connectivity index (χ2v) is 3.13. The molecule has 0 saturated carbocycles. The molecule has 0 aromatic rings. The molecule has 18 heavy (non-hydrogen) atoms. The van der Waals surface area contributed by atoms with Crippen LogP contribution in [0.2, 0.25) is 0 Å². The summed E-state index contributed by atoms with van der Waals surface area (Å²) in [6, 6.07) is 1.77. The summed E-state index contributed by atoms with van der Waals surface area (Å²) < 4.78 is 0. The number of hydrogen-bond acceptors (Lipinski definition) is 5. The minimum absolute atomic E-state index is 0.00626. The number of nitrogens with zero attached hydrogens (tertiary/aromatic N) is 3. The van der Waals surface area contributed by atoms with Gasteiger partial charge >= 0.3 is 0 Å². The summed E-state index contributed by atoms with van der Waals surface area (Å²) in [7, 11) is 3.00. The van der Waals surface area contributed by atoms with E-state index in [4.69, 9.17) is 11.0 Å². The number of aliphatic imine (C=N–C) groups is 2. The van der Waals surface area contributed by atoms with Gasteiger partial charge in [0, 0.05) is 25.9 Å². The Morgan fingerprint density at radius 3 is 2.56 bits per heavy atom. The van der Waals surface area contributed by atoms with E-state index in [1.54, 1.807) is 6.07 Å². The first-order chi connectivity index (χ1) is 8.46. The summed E-state index contributed by atoms with van der Waals surface area (Å²) >= 11 is 0. The van der Waals surface area contributed by atoms with Gasteiger partial charge in [0.1, 0.15) is 11.8 Å². The molecule has 6 nitrogen and oxygen atoms in total. The van der Waals surface area contributed by atoms with Crippen molar-refractivity contribution in [2.45, 2.75) is 0 Å². The molecule has 0 fully saturated rings. The first kappa shape index (κ1) is 15.3. The van der Waals surface area contributed by atoms with E-state index < -0.39 is 5.91 Å². The van der Waals surface area contributed by atoms with Crippen molar-refractivity contribution in [3.63, 3.8) is 0 Å². The van der Waals surface area contributed by atoms with E-state index in [1.807, 2.05) is 0 Å². The Bertz CT molecular complexity index is 491. The maximum absolute atomic E-state index is 11.2. The van der Waals surface area contributed by atoms with Gasteiger partial charge in [-0.3, -0.25) is 9.79 Å². The quantitative estimate of drug-likeness (QED) is 0.414. The van der Waals surface area contributed by atoms with Crippen LogP contribution in [0.25, 0.3) is 0 Å². The van der Waals surface area contributed by atoms with E-state index in [9.17, 15) is 4.79 Å². The lowest BCUT2D eigenvalue weighted by Crippen LogP contribution is -2.25. The molecule has 0 heterocycles. The summed E-state index contributed by atoms with van der Waals surface area (Å²) in [4.78, 5) is 18.9. The third kappa shape index (κ3) is 4.90. The van der Waals surface area contributed by atoms with Crippen molar-refractivity contribution in [3.8, 4) is 6.07 Å². The highest BCUT2D eigenvalue weighted by molar-refractivity contribution is 6.22. The van der Waals surface area contributed by atoms with E-state index in [2.05, 4.69) is 28.5 Å². The van der Waals surface area contributed by atoms with Crippen LogP contribution in [-0.2, 0) is 4.79 Å². The molecule has 0 rings (SSSR count). The van der Waals surface area contributed by atoms with Crippen LogP contribution in [-0.4, -0.2) is 31.9 Å². The van der Waals surface area contributed by atoms with Crippen LogP contribution >= 0.6 is 0 Å². The van der Waals surface area contributed by atoms with Crippen LogP contribution in [0.5, 0.6) is 0 Å². The molecule has 3 N–H and O–H groups in total. The van der Waals surface area contributed by atoms with Gasteiger partial charge in [-0.05, 0) is 6.08 Å². The normalized spacial score (nSPS) is 12.1. The first-order valence-electron chi connectivity index (χ1n) is 4.94. The van der Waals surface area contributed by atoms with Crippen LogP contribution in [0.3, 0.4) is 0 Å². The molecule has 6 heteroatoms. The Kier molecular flexibility index (Phi) is 6.44. The molecular weight excluding hydrogens is 230 g/mol. The fourth-order valence-corrected chi connectivity index (χ4v) is 0.909. The zero-order chi connectivity index (χ0) is 14.1. The number of allylic oxidation sites excluding steroid dienone is 3. The summed E-state index contributed by atoms with van der Waals surface area (Å²) in [5.74, 6) is -0.415. The van der Waals surface area contributed by atoms with Gasteiger partial charge in [-0.15, -0.1) is 0 Å². The largest absolute Gasteiger partial charge is 0.394 e. The second kappa shape index (κ2) is 7.57. The predicted octanol–water partition coefficient (Wildman–Crippen LogP) is 0.310. The van der Waals surface area contributed by atoms with Crippen LogP contribution < -0.4 is 11.1 Å². The summed E-state index contributed by atoms with van der Waals surface area (Å²) in [6.07, 6.45) is 2.71. The highest BCUT2D eigenvalue weighted by Gasteiger charge is 2.05. The lowest BCUT2D eigenvalue weighted by Gasteiger charge is -2.02. The maximum Gasteiger partial charge on any atom is 0.266 e. The number of amides is 1. The molecule has 0 aromatic carbocycles. The molecule has 0 unspecified atom stereocenters. The number of nitriles is 1. The van der Waals surface area contributed by atoms with E-state index in [0.717, 1.165) is 0 Å². The van der Waals surface area contributed by atoms with Crippen molar-refractivity contribution < 1.29 is 4.79 Å². The highest BCUT2D eigenvalue weighted by Crippen LogP contribution is 1.99. The van der Waals surface area contributed by atoms with Gasteiger partial charge in [0.05, 0.1) is 11.4 Å². The molecule has 0 bridgehead atoms. The predicted molar refractivity (Wildman–Crippen MR) is 72.1 cm³/mol. The molecule has 0 saturated heterocycles. The number of rotatable bonds is 5. The molecule has 0 spiro atoms. The Morgan fingerprint density at radius 1 is 1.50 bits per heavy atom. The smallest absolute Gasteiger partial charge is 0.266 e. The number of nitrogens with two attached hydrogens (primary N) is 1. The molecule has 94 valence electrons. The Hall–Kier alpha value is -2.68. The molecular formula is C12H15N5O. The minimum Gasteiger partial charge on any atom is -0.394 e. The monoisotopic (exact) mass is 245 g/mol. The second-order valence-electron chi connectivity index (χ2n) is 3.13. The molecule has 0 aliphatic rings. The van der Waals surface area contributed by atoms with Crippen LogP contribution in [0.15, 0.2) is 46.2 Å². The first-order valence-corrected chi connectivity index (χ1v) is 4.94. The van der Waals surface area contributed by atoms with E-state index >= 15 is 0 Å². The zero-order valence-electron chi connectivity index (χ0n) is 10.4. The third-order valence-corrected chi connectivity index (χ3v) is 1.86. The Balaban J connectivity index is 4.99. The summed E-state index contributed by atoms with van der Waals surface area (Å²) in [6.45, 7) is 7.10. The average Bonchev–Trinajstić information content (AvgIpc) is 2.40. The van der Waals surface area contributed by atoms with E-state index in [0.29, 0.717) is 11.3 Å². The number of likely N-dealkylation sites (N-methyl/N-ethyl adjacent to an activating group) is 1. The fourth-order valence-electron chi connectivity index (χ4n) is 0.909. The number of carbonyl (C=O) groups excluding carboxylic acids is 1. The van der Waals surface area contributed by atoms with Gasteiger partial charge in [-0.25, -0.2) is 4.99 Å². The van der Waals surface area contributed by atoms with Gasteiger partial charge in [-0.1, -0.05) is 13.2 Å². The summed E-state index contributed by atoms with van der Waals surface area (Å²) in [5.41, 5.74) is 6.41. The molecule has 0 atom stereocenters. The van der Waals surface area contributed by atoms with Crippen molar-refractivity contribution in [2.75, 3.05) is 14.1 Å². The van der Waals surface area contributed by atoms with Crippen LogP contribution in [0.4, 0.5) is 0 Å². The van der Waals surface area contributed by atoms with Gasteiger partial charge in [0.25, 0.3) is 5.91 Å². The molecule has 0 aromatic heterocycles. The van der Waals surface area contributed by atoms with Crippen molar-refractivity contribution in [1.29, 1.82) is 5.26 Å². The summed E-state index contributed by atoms with van der Waals surface area (Å²) in [5, 5.41) is 10.9. The standard InChI is InChI=1S/C12H15N5O/c1-8(7-17-9(2)6-13)11(15-3)5-10(14)12(18)16-4/h5,7H,1-2,14H2,3-4H3,(H,16,18). The topological polar surface area (TPSA) is 104 Å². The van der Waals surface area contributed by atoms with Gasteiger partial charge in [-0.2, -0.15) is 5.26 Å². The van der Waals surface area contributed by atoms with Crippen LogP contribution in [0.1, 0.15) is 0 Å². The Labute approximate surface area is 106 Å². The number of hydrogen-bond donors (Lipinski definition) is 2. The van der Waals surface area contributed by atoms with Crippen molar-refractivity contribution >= 4 is 17.8 Å². The fraction of sp³-hybridized carbons (Fsp3) is 0.167. The van der Waals surface area contributed by atoms with Crippen molar-refractivity contribution in [3.05, 3.63) is 36.2 Å². The third-order valence-electron chi connectivity index (χ3n) is 1.86. The van der Waals surface area contributed by atoms with E-state index in [1.165, 1.54) is 26.4 Å². The lowest BCUT2D eigenvalue weighted by molar-refractivity contribution is -0.117. The number of nitrogens with one attached hydrogen (secondary N) is 1.